The highest BCUT2D eigenvalue weighted by atomic mass is 16.4. The van der Waals surface area contributed by atoms with Gasteiger partial charge in [-0.05, 0) is 49.9 Å². The Hall–Kier alpha value is -7.29. The van der Waals surface area contributed by atoms with Crippen LogP contribution >= 0.6 is 0 Å². The van der Waals surface area contributed by atoms with Gasteiger partial charge in [0.2, 0.25) is 59.1 Å². The van der Waals surface area contributed by atoms with Crippen LogP contribution in [0.3, 0.4) is 0 Å². The van der Waals surface area contributed by atoms with Crippen LogP contribution in [0.5, 0.6) is 0 Å². The SMILES string of the molecule is CC[C@H](C)[C@H](NC(=O)[C@H](CCCN=C(N)N)NC(=O)[C@H](CC(=O)O)NC(=O)[C@@H](NC(=O)[C@H](CCCN=C(N)N)NC(=O)CNC(=O)CNC(=O)[C@H](CC1CCCCC1)NC(C)=O)[C@@H](C)CC)C(=O)NCC(N)=O. The van der Waals surface area contributed by atoms with Crippen LogP contribution in [0.1, 0.15) is 118 Å². The fourth-order valence-electron chi connectivity index (χ4n) is 7.67. The van der Waals surface area contributed by atoms with Crippen LogP contribution in [0.4, 0.5) is 0 Å². The van der Waals surface area contributed by atoms with Crippen LogP contribution in [0.15, 0.2) is 9.98 Å². The predicted molar refractivity (Wildman–Crippen MR) is 268 cm³/mol. The third kappa shape index (κ3) is 26.7. The third-order valence-corrected chi connectivity index (χ3v) is 12.1. The molecule has 0 aromatic carbocycles. The van der Waals surface area contributed by atoms with Gasteiger partial charge >= 0.3 is 5.97 Å². The van der Waals surface area contributed by atoms with Crippen molar-refractivity contribution in [1.29, 1.82) is 0 Å². The van der Waals surface area contributed by atoms with E-state index in [9.17, 15) is 57.8 Å². The maximum Gasteiger partial charge on any atom is 0.305 e. The highest BCUT2D eigenvalue weighted by Gasteiger charge is 2.36. The number of aliphatic carboxylic acids is 1. The van der Waals surface area contributed by atoms with Gasteiger partial charge in [-0.25, -0.2) is 0 Å². The lowest BCUT2D eigenvalue weighted by Gasteiger charge is -2.29. The monoisotopic (exact) mass is 1040 g/mol. The molecule has 1 saturated carbocycles. The van der Waals surface area contributed by atoms with Gasteiger partial charge in [0.05, 0.1) is 26.1 Å². The molecule has 0 spiro atoms. The van der Waals surface area contributed by atoms with Crippen LogP contribution in [-0.2, 0) is 52.7 Å². The molecular weight excluding hydrogens is 957 g/mol. The van der Waals surface area contributed by atoms with Gasteiger partial charge in [0.1, 0.15) is 36.3 Å². The molecule has 8 atom stereocenters. The average molecular weight is 1040 g/mol. The second kappa shape index (κ2) is 34.1. The Morgan fingerprint density at radius 2 is 1.00 bits per heavy atom. The number of amides is 10. The predicted octanol–water partition coefficient (Wildman–Crippen LogP) is -4.61. The van der Waals surface area contributed by atoms with Gasteiger partial charge in [-0.1, -0.05) is 72.6 Å². The Kier molecular flexibility index (Phi) is 29.8. The summed E-state index contributed by atoms with van der Waals surface area (Å²) < 4.78 is 0. The van der Waals surface area contributed by atoms with E-state index in [1.165, 1.54) is 6.92 Å². The van der Waals surface area contributed by atoms with Crippen molar-refractivity contribution < 1.29 is 57.8 Å². The molecule has 20 N–H and O–H groups in total. The number of guanidine groups is 2. The van der Waals surface area contributed by atoms with Gasteiger partial charge in [-0.15, -0.1) is 0 Å². The minimum atomic E-state index is -1.83. The molecule has 1 aliphatic rings. The van der Waals surface area contributed by atoms with Gasteiger partial charge in [0.15, 0.2) is 11.9 Å². The lowest BCUT2D eigenvalue weighted by Crippen LogP contribution is -2.61. The van der Waals surface area contributed by atoms with Crippen LogP contribution in [-0.4, -0.2) is 151 Å². The lowest BCUT2D eigenvalue weighted by molar-refractivity contribution is -0.142. The summed E-state index contributed by atoms with van der Waals surface area (Å²) in [5.41, 5.74) is 26.9. The van der Waals surface area contributed by atoms with Crippen LogP contribution < -0.4 is 76.5 Å². The van der Waals surface area contributed by atoms with Crippen LogP contribution in [0, 0.1) is 17.8 Å². The van der Waals surface area contributed by atoms with Crippen molar-refractivity contribution in [2.24, 2.45) is 56.4 Å². The summed E-state index contributed by atoms with van der Waals surface area (Å²) in [6.07, 6.45) is 5.12. The molecule has 10 amide bonds. The van der Waals surface area contributed by atoms with E-state index in [1.54, 1.807) is 27.7 Å². The number of nitrogens with two attached hydrogens (primary N) is 5. The molecule has 1 fully saturated rings. The van der Waals surface area contributed by atoms with Crippen LogP contribution in [0.25, 0.3) is 0 Å². The van der Waals surface area contributed by atoms with E-state index >= 15 is 0 Å². The molecule has 0 aromatic rings. The minimum absolute atomic E-state index is 0.00816. The Balaban J connectivity index is 3.29. The van der Waals surface area contributed by atoms with E-state index < -0.39 is 139 Å². The van der Waals surface area contributed by atoms with Gasteiger partial charge in [0.25, 0.3) is 0 Å². The second-order valence-electron chi connectivity index (χ2n) is 18.2. The smallest absolute Gasteiger partial charge is 0.305 e. The maximum absolute atomic E-state index is 14.0. The molecule has 1 aliphatic carbocycles. The zero-order valence-electron chi connectivity index (χ0n) is 42.6. The molecule has 0 bridgehead atoms. The van der Waals surface area contributed by atoms with E-state index in [4.69, 9.17) is 28.7 Å². The fourth-order valence-corrected chi connectivity index (χ4v) is 7.67. The molecular formula is C45H80N16O12. The number of primary amides is 1. The van der Waals surface area contributed by atoms with Gasteiger partial charge in [-0.3, -0.25) is 62.7 Å². The first kappa shape index (κ1) is 63.7. The molecule has 28 heteroatoms. The number of nitrogens with zero attached hydrogens (tertiary/aromatic N) is 2. The lowest BCUT2D eigenvalue weighted by atomic mass is 9.84. The summed E-state index contributed by atoms with van der Waals surface area (Å²) in [4.78, 5) is 151. The number of carbonyl (C=O) groups is 11. The Morgan fingerprint density at radius 3 is 1.48 bits per heavy atom. The molecule has 1 rings (SSSR count). The summed E-state index contributed by atoms with van der Waals surface area (Å²) in [6, 6.07) is -8.12. The van der Waals surface area contributed by atoms with Crippen molar-refractivity contribution in [2.45, 2.75) is 154 Å². The molecule has 412 valence electrons. The fraction of sp³-hybridized carbons (Fsp3) is 0.711. The van der Waals surface area contributed by atoms with E-state index in [0.29, 0.717) is 12.8 Å². The van der Waals surface area contributed by atoms with Crippen molar-refractivity contribution in [3.63, 3.8) is 0 Å². The zero-order valence-corrected chi connectivity index (χ0v) is 42.6. The van der Waals surface area contributed by atoms with Crippen molar-refractivity contribution in [3.05, 3.63) is 0 Å². The number of carboxylic acids is 1. The Bertz CT molecular complexity index is 1960. The average Bonchev–Trinajstić information content (AvgIpc) is 3.33. The Labute approximate surface area is 425 Å². The Morgan fingerprint density at radius 1 is 0.534 bits per heavy atom. The normalized spacial score (nSPS) is 15.5. The molecule has 0 unspecified atom stereocenters. The molecule has 0 saturated heterocycles. The zero-order chi connectivity index (χ0) is 55.2. The van der Waals surface area contributed by atoms with Gasteiger partial charge < -0.3 is 81.6 Å². The van der Waals surface area contributed by atoms with E-state index in [-0.39, 0.29) is 63.0 Å². The number of rotatable bonds is 34. The summed E-state index contributed by atoms with van der Waals surface area (Å²) in [6.45, 7) is 6.35. The molecule has 0 heterocycles. The summed E-state index contributed by atoms with van der Waals surface area (Å²) in [5.74, 6) is -10.9. The van der Waals surface area contributed by atoms with Crippen molar-refractivity contribution in [3.8, 4) is 0 Å². The van der Waals surface area contributed by atoms with Crippen molar-refractivity contribution >= 4 is 77.0 Å². The van der Waals surface area contributed by atoms with Crippen LogP contribution in [0.2, 0.25) is 0 Å². The quantitative estimate of drug-likeness (QED) is 0.0164. The first-order valence-corrected chi connectivity index (χ1v) is 24.6. The number of carbonyl (C=O) groups excluding carboxylic acids is 10. The standard InChI is InChI=1S/C45H80N16O12/c1-6-24(3)36(42(72)54-21-32(46)63)60-40(70)29(16-12-18-52-45(49)50)58-41(71)31(20-35(66)67)59-43(73)37(25(4)7-2)61-39(69)28(15-11-17-51-44(47)48)57-34(65)23-53-33(64)22-55-38(68)30(56-26(5)62)19-27-13-9-8-10-14-27/h24-25,27-31,36-37H,6-23H2,1-5H3,(H2,46,63)(H,53,64)(H,54,72)(H,55,68)(H,56,62)(H,57,65)(H,58,71)(H,59,73)(H,60,70)(H,61,69)(H,66,67)(H4,47,48,51)(H4,49,50,52)/t24-,25-,28-,29-,30-,31-,36-,37-/m0/s1. The van der Waals surface area contributed by atoms with Crippen molar-refractivity contribution in [2.75, 3.05) is 32.7 Å². The number of aliphatic imine (C=N–C) groups is 2. The summed E-state index contributed by atoms with van der Waals surface area (Å²) in [7, 11) is 0. The third-order valence-electron chi connectivity index (χ3n) is 12.1. The molecule has 0 radical (unpaired) electrons. The number of carboxylic acid groups (broad SMARTS) is 1. The van der Waals surface area contributed by atoms with E-state index in [2.05, 4.69) is 57.8 Å². The maximum atomic E-state index is 14.0. The molecule has 0 aliphatic heterocycles. The second-order valence-corrected chi connectivity index (χ2v) is 18.2. The number of hydrogen-bond donors (Lipinski definition) is 15. The first-order chi connectivity index (χ1) is 34.4. The summed E-state index contributed by atoms with van der Waals surface area (Å²) in [5, 5.41) is 32.1. The molecule has 0 aromatic heterocycles. The topological polar surface area (TPSA) is 471 Å². The van der Waals surface area contributed by atoms with Gasteiger partial charge in [-0.2, -0.15) is 0 Å². The highest BCUT2D eigenvalue weighted by molar-refractivity contribution is 5.98. The van der Waals surface area contributed by atoms with Gasteiger partial charge in [0, 0.05) is 20.0 Å². The van der Waals surface area contributed by atoms with E-state index in [0.717, 1.165) is 32.1 Å². The van der Waals surface area contributed by atoms with E-state index in [1.807, 2.05) is 0 Å². The molecule has 28 nitrogen and oxygen atoms in total. The molecule has 73 heavy (non-hydrogen) atoms. The number of hydrogen-bond acceptors (Lipinski definition) is 13. The number of nitrogens with one attached hydrogen (secondary N) is 9. The highest BCUT2D eigenvalue weighted by Crippen LogP contribution is 2.27. The first-order valence-electron chi connectivity index (χ1n) is 24.6. The minimum Gasteiger partial charge on any atom is -0.481 e. The van der Waals surface area contributed by atoms with Crippen molar-refractivity contribution in [1.82, 2.24) is 47.9 Å². The largest absolute Gasteiger partial charge is 0.481 e. The summed E-state index contributed by atoms with van der Waals surface area (Å²) >= 11 is 0.